The quantitative estimate of drug-likeness (QED) is 0.680. The lowest BCUT2D eigenvalue weighted by atomic mass is 9.99. The standard InChI is InChI=1S/C16H24Br2N2O/c1-12-3-7-20(8-4-12)6-2-5-19-11-13-9-14(17)16(21)15(18)10-13/h9-10,12,19,21H,2-8,11H2,1H3. The number of aromatic hydroxyl groups is 1. The molecule has 0 radical (unpaired) electrons. The number of nitrogens with one attached hydrogen (secondary N) is 1. The summed E-state index contributed by atoms with van der Waals surface area (Å²) in [7, 11) is 0. The molecular formula is C16H24Br2N2O. The highest BCUT2D eigenvalue weighted by molar-refractivity contribution is 9.11. The molecule has 21 heavy (non-hydrogen) atoms. The number of phenols is 1. The molecule has 0 amide bonds. The van der Waals surface area contributed by atoms with E-state index in [0.29, 0.717) is 0 Å². The maximum atomic E-state index is 9.68. The van der Waals surface area contributed by atoms with E-state index in [2.05, 4.69) is 49.0 Å². The van der Waals surface area contributed by atoms with Crippen molar-refractivity contribution in [3.05, 3.63) is 26.6 Å². The topological polar surface area (TPSA) is 35.5 Å². The van der Waals surface area contributed by atoms with E-state index in [1.165, 1.54) is 44.5 Å². The molecule has 1 aliphatic rings. The van der Waals surface area contributed by atoms with E-state index < -0.39 is 0 Å². The Bertz CT molecular complexity index is 437. The third kappa shape index (κ3) is 5.55. The van der Waals surface area contributed by atoms with Crippen molar-refractivity contribution in [3.8, 4) is 5.75 Å². The maximum absolute atomic E-state index is 9.68. The van der Waals surface area contributed by atoms with Gasteiger partial charge in [0.2, 0.25) is 0 Å². The predicted molar refractivity (Wildman–Crippen MR) is 94.7 cm³/mol. The van der Waals surface area contributed by atoms with Gasteiger partial charge in [0.25, 0.3) is 0 Å². The average Bonchev–Trinajstić information content (AvgIpc) is 2.46. The fraction of sp³-hybridized carbons (Fsp3) is 0.625. The number of hydrogen-bond acceptors (Lipinski definition) is 3. The second-order valence-electron chi connectivity index (χ2n) is 5.96. The highest BCUT2D eigenvalue weighted by atomic mass is 79.9. The molecule has 1 aromatic rings. The van der Waals surface area contributed by atoms with Gasteiger partial charge in [-0.2, -0.15) is 0 Å². The summed E-state index contributed by atoms with van der Waals surface area (Å²) in [5.74, 6) is 1.17. The number of halogens is 2. The molecule has 0 unspecified atom stereocenters. The van der Waals surface area contributed by atoms with Gasteiger partial charge in [0.15, 0.2) is 0 Å². The van der Waals surface area contributed by atoms with Crippen LogP contribution in [0.15, 0.2) is 21.1 Å². The predicted octanol–water partition coefficient (Wildman–Crippen LogP) is 4.13. The van der Waals surface area contributed by atoms with Crippen LogP contribution in [0.4, 0.5) is 0 Å². The van der Waals surface area contributed by atoms with Gasteiger partial charge in [-0.1, -0.05) is 6.92 Å². The van der Waals surface area contributed by atoms with Crippen LogP contribution in [0, 0.1) is 5.92 Å². The summed E-state index contributed by atoms with van der Waals surface area (Å²) in [6.07, 6.45) is 3.89. The van der Waals surface area contributed by atoms with Gasteiger partial charge in [0, 0.05) is 6.54 Å². The van der Waals surface area contributed by atoms with E-state index in [9.17, 15) is 5.11 Å². The van der Waals surface area contributed by atoms with Crippen molar-refractivity contribution in [2.75, 3.05) is 26.2 Å². The van der Waals surface area contributed by atoms with Crippen molar-refractivity contribution >= 4 is 31.9 Å². The average molecular weight is 420 g/mol. The molecule has 0 atom stereocenters. The molecule has 1 aromatic carbocycles. The Balaban J connectivity index is 1.64. The van der Waals surface area contributed by atoms with Gasteiger partial charge in [0.05, 0.1) is 8.95 Å². The van der Waals surface area contributed by atoms with Crippen LogP contribution in [0.2, 0.25) is 0 Å². The Labute approximate surface area is 144 Å². The lowest BCUT2D eigenvalue weighted by Crippen LogP contribution is -2.34. The second kappa shape index (κ2) is 8.51. The third-order valence-electron chi connectivity index (χ3n) is 4.11. The molecule has 5 heteroatoms. The first kappa shape index (κ1) is 17.3. The van der Waals surface area contributed by atoms with Crippen molar-refractivity contribution in [2.45, 2.75) is 32.7 Å². The minimum Gasteiger partial charge on any atom is -0.506 e. The molecule has 0 aromatic heterocycles. The van der Waals surface area contributed by atoms with Gasteiger partial charge in [-0.25, -0.2) is 0 Å². The van der Waals surface area contributed by atoms with Crippen LogP contribution < -0.4 is 5.32 Å². The summed E-state index contributed by atoms with van der Waals surface area (Å²) in [5, 5.41) is 13.2. The minimum absolute atomic E-state index is 0.262. The van der Waals surface area contributed by atoms with Crippen LogP contribution in [0.5, 0.6) is 5.75 Å². The van der Waals surface area contributed by atoms with E-state index in [1.807, 2.05) is 12.1 Å². The van der Waals surface area contributed by atoms with Crippen molar-refractivity contribution in [1.82, 2.24) is 10.2 Å². The summed E-state index contributed by atoms with van der Waals surface area (Å²) in [6.45, 7) is 7.93. The number of hydrogen-bond donors (Lipinski definition) is 2. The lowest BCUT2D eigenvalue weighted by molar-refractivity contribution is 0.190. The highest BCUT2D eigenvalue weighted by Crippen LogP contribution is 2.33. The largest absolute Gasteiger partial charge is 0.506 e. The first-order valence-electron chi connectivity index (χ1n) is 7.66. The van der Waals surface area contributed by atoms with Crippen molar-refractivity contribution in [1.29, 1.82) is 0 Å². The number of piperidine rings is 1. The van der Waals surface area contributed by atoms with Gasteiger partial charge in [-0.3, -0.25) is 0 Å². The Morgan fingerprint density at radius 2 is 1.86 bits per heavy atom. The molecule has 1 saturated heterocycles. The molecule has 0 bridgehead atoms. The molecule has 3 nitrogen and oxygen atoms in total. The number of nitrogens with zero attached hydrogens (tertiary/aromatic N) is 1. The van der Waals surface area contributed by atoms with Crippen LogP contribution in [-0.4, -0.2) is 36.2 Å². The monoisotopic (exact) mass is 418 g/mol. The Morgan fingerprint density at radius 1 is 1.24 bits per heavy atom. The summed E-state index contributed by atoms with van der Waals surface area (Å²) >= 11 is 6.72. The van der Waals surface area contributed by atoms with Crippen molar-refractivity contribution in [2.24, 2.45) is 5.92 Å². The zero-order chi connectivity index (χ0) is 15.2. The van der Waals surface area contributed by atoms with Gasteiger partial charge in [-0.05, 0) is 101 Å². The first-order chi connectivity index (χ1) is 10.1. The van der Waals surface area contributed by atoms with E-state index in [-0.39, 0.29) is 5.75 Å². The normalized spacial score (nSPS) is 17.3. The number of benzene rings is 1. The van der Waals surface area contributed by atoms with Gasteiger partial charge < -0.3 is 15.3 Å². The Kier molecular flexibility index (Phi) is 6.99. The van der Waals surface area contributed by atoms with Crippen LogP contribution in [0.25, 0.3) is 0 Å². The number of likely N-dealkylation sites (tertiary alicyclic amines) is 1. The van der Waals surface area contributed by atoms with Gasteiger partial charge in [-0.15, -0.1) is 0 Å². The van der Waals surface area contributed by atoms with Crippen molar-refractivity contribution < 1.29 is 5.11 Å². The molecule has 1 fully saturated rings. The van der Waals surface area contributed by atoms with Crippen molar-refractivity contribution in [3.63, 3.8) is 0 Å². The lowest BCUT2D eigenvalue weighted by Gasteiger charge is -2.30. The Morgan fingerprint density at radius 3 is 2.48 bits per heavy atom. The van der Waals surface area contributed by atoms with Crippen LogP contribution in [-0.2, 0) is 6.54 Å². The third-order valence-corrected chi connectivity index (χ3v) is 5.32. The SMILES string of the molecule is CC1CCN(CCCNCc2cc(Br)c(O)c(Br)c2)CC1. The molecule has 1 heterocycles. The molecule has 1 aliphatic heterocycles. The number of rotatable bonds is 6. The van der Waals surface area contributed by atoms with E-state index in [0.717, 1.165) is 28.0 Å². The molecule has 0 spiro atoms. The molecular weight excluding hydrogens is 396 g/mol. The molecule has 118 valence electrons. The summed E-state index contributed by atoms with van der Waals surface area (Å²) in [6, 6.07) is 3.91. The Hall–Kier alpha value is -0.100. The maximum Gasteiger partial charge on any atom is 0.143 e. The molecule has 0 saturated carbocycles. The highest BCUT2D eigenvalue weighted by Gasteiger charge is 2.14. The van der Waals surface area contributed by atoms with Gasteiger partial charge >= 0.3 is 0 Å². The summed E-state index contributed by atoms with van der Waals surface area (Å²) < 4.78 is 1.47. The molecule has 2 rings (SSSR count). The molecule has 0 aliphatic carbocycles. The zero-order valence-electron chi connectivity index (χ0n) is 12.5. The van der Waals surface area contributed by atoms with E-state index in [1.54, 1.807) is 0 Å². The summed E-state index contributed by atoms with van der Waals surface area (Å²) in [4.78, 5) is 2.58. The minimum atomic E-state index is 0.262. The van der Waals surface area contributed by atoms with Gasteiger partial charge in [0.1, 0.15) is 5.75 Å². The first-order valence-corrected chi connectivity index (χ1v) is 9.25. The molecule has 2 N–H and O–H groups in total. The van der Waals surface area contributed by atoms with E-state index >= 15 is 0 Å². The van der Waals surface area contributed by atoms with Crippen LogP contribution in [0.3, 0.4) is 0 Å². The second-order valence-corrected chi connectivity index (χ2v) is 7.67. The number of phenolic OH excluding ortho intramolecular Hbond substituents is 1. The zero-order valence-corrected chi connectivity index (χ0v) is 15.7. The summed E-state index contributed by atoms with van der Waals surface area (Å²) in [5.41, 5.74) is 1.17. The van der Waals surface area contributed by atoms with E-state index in [4.69, 9.17) is 0 Å². The van der Waals surface area contributed by atoms with Crippen LogP contribution >= 0.6 is 31.9 Å². The van der Waals surface area contributed by atoms with Crippen LogP contribution in [0.1, 0.15) is 31.7 Å². The fourth-order valence-corrected chi connectivity index (χ4v) is 3.95. The fourth-order valence-electron chi connectivity index (χ4n) is 2.67. The smallest absolute Gasteiger partial charge is 0.143 e.